The molecular weight excluding hydrogens is 326 g/mol. The Bertz CT molecular complexity index is 574. The van der Waals surface area contributed by atoms with E-state index >= 15 is 0 Å². The van der Waals surface area contributed by atoms with Gasteiger partial charge in [-0.25, -0.2) is 0 Å². The molecule has 0 bridgehead atoms. The summed E-state index contributed by atoms with van der Waals surface area (Å²) in [6, 6.07) is 0.656. The van der Waals surface area contributed by atoms with Crippen molar-refractivity contribution in [2.75, 3.05) is 26.3 Å². The summed E-state index contributed by atoms with van der Waals surface area (Å²) in [5.41, 5.74) is 0.208. The second-order valence-corrected chi connectivity index (χ2v) is 5.57. The standard InChI is InChI=1S/C16H19F4N3O/c17-6-2-10-23-9-1-3-13(11-23)14(16(18,19)20)22-15(24)12-4-7-21-8-5-12/h3-5,7-8,14H,1-2,6,9-11H2,(H,22,24)/t14-/m0/s1. The highest BCUT2D eigenvalue weighted by Crippen LogP contribution is 2.28. The molecule has 0 aliphatic carbocycles. The van der Waals surface area contributed by atoms with Gasteiger partial charge in [-0.3, -0.25) is 19.1 Å². The lowest BCUT2D eigenvalue weighted by molar-refractivity contribution is -0.145. The van der Waals surface area contributed by atoms with Gasteiger partial charge < -0.3 is 5.32 Å². The Morgan fingerprint density at radius 3 is 2.67 bits per heavy atom. The molecule has 1 aliphatic rings. The van der Waals surface area contributed by atoms with Crippen molar-refractivity contribution >= 4 is 5.91 Å². The fourth-order valence-corrected chi connectivity index (χ4v) is 2.62. The molecule has 1 atom stereocenters. The van der Waals surface area contributed by atoms with Gasteiger partial charge in [0.15, 0.2) is 0 Å². The molecule has 132 valence electrons. The summed E-state index contributed by atoms with van der Waals surface area (Å²) in [6.07, 6.45) is 0.327. The maximum absolute atomic E-state index is 13.4. The van der Waals surface area contributed by atoms with Crippen LogP contribution in [0.1, 0.15) is 23.2 Å². The monoisotopic (exact) mass is 345 g/mol. The van der Waals surface area contributed by atoms with Crippen LogP contribution in [0.2, 0.25) is 0 Å². The van der Waals surface area contributed by atoms with Crippen molar-refractivity contribution in [3.05, 3.63) is 41.7 Å². The fourth-order valence-electron chi connectivity index (χ4n) is 2.62. The van der Waals surface area contributed by atoms with E-state index in [0.29, 0.717) is 19.5 Å². The Hall–Kier alpha value is -1.96. The van der Waals surface area contributed by atoms with Gasteiger partial charge in [0.1, 0.15) is 6.04 Å². The summed E-state index contributed by atoms with van der Waals surface area (Å²) in [6.45, 7) is 0.556. The van der Waals surface area contributed by atoms with Crippen LogP contribution in [0, 0.1) is 0 Å². The molecule has 0 fully saturated rings. The Morgan fingerprint density at radius 2 is 2.04 bits per heavy atom. The second-order valence-electron chi connectivity index (χ2n) is 5.57. The smallest absolute Gasteiger partial charge is 0.337 e. The summed E-state index contributed by atoms with van der Waals surface area (Å²) in [4.78, 5) is 17.6. The average Bonchev–Trinajstić information content (AvgIpc) is 2.57. The van der Waals surface area contributed by atoms with Crippen LogP contribution in [0.5, 0.6) is 0 Å². The first-order chi connectivity index (χ1) is 11.4. The molecule has 4 nitrogen and oxygen atoms in total. The number of carbonyl (C=O) groups excluding carboxylic acids is 1. The van der Waals surface area contributed by atoms with Crippen LogP contribution in [0.25, 0.3) is 0 Å². The first-order valence-corrected chi connectivity index (χ1v) is 7.66. The molecule has 1 N–H and O–H groups in total. The summed E-state index contributed by atoms with van der Waals surface area (Å²) in [5.74, 6) is -0.804. The van der Waals surface area contributed by atoms with Crippen LogP contribution in [-0.2, 0) is 0 Å². The van der Waals surface area contributed by atoms with E-state index in [1.165, 1.54) is 30.6 Å². The number of amides is 1. The van der Waals surface area contributed by atoms with E-state index in [1.54, 1.807) is 4.90 Å². The van der Waals surface area contributed by atoms with Gasteiger partial charge in [0, 0.05) is 37.6 Å². The molecule has 1 aromatic heterocycles. The molecule has 2 heterocycles. The Balaban J connectivity index is 2.11. The summed E-state index contributed by atoms with van der Waals surface area (Å²) in [7, 11) is 0. The normalized spacial score (nSPS) is 17.2. The molecule has 1 aliphatic heterocycles. The molecule has 0 unspecified atom stereocenters. The van der Waals surface area contributed by atoms with E-state index in [0.717, 1.165) is 0 Å². The number of pyridine rings is 1. The third-order valence-corrected chi connectivity index (χ3v) is 3.78. The highest BCUT2D eigenvalue weighted by Gasteiger charge is 2.43. The largest absolute Gasteiger partial charge is 0.412 e. The zero-order valence-corrected chi connectivity index (χ0v) is 13.0. The van der Waals surface area contributed by atoms with Crippen LogP contribution in [-0.4, -0.2) is 54.3 Å². The van der Waals surface area contributed by atoms with Crippen molar-refractivity contribution in [2.24, 2.45) is 0 Å². The van der Waals surface area contributed by atoms with Gasteiger partial charge in [0.05, 0.1) is 6.67 Å². The van der Waals surface area contributed by atoms with E-state index in [4.69, 9.17) is 0 Å². The van der Waals surface area contributed by atoms with E-state index in [-0.39, 0.29) is 24.1 Å². The predicted molar refractivity (Wildman–Crippen MR) is 81.3 cm³/mol. The average molecular weight is 345 g/mol. The van der Waals surface area contributed by atoms with E-state index in [2.05, 4.69) is 10.3 Å². The zero-order valence-electron chi connectivity index (χ0n) is 13.0. The number of hydrogen-bond acceptors (Lipinski definition) is 3. The van der Waals surface area contributed by atoms with Crippen molar-refractivity contribution in [1.29, 1.82) is 0 Å². The Kier molecular flexibility index (Phi) is 6.30. The highest BCUT2D eigenvalue weighted by atomic mass is 19.4. The van der Waals surface area contributed by atoms with Crippen LogP contribution in [0.15, 0.2) is 36.2 Å². The topological polar surface area (TPSA) is 45.2 Å². The quantitative estimate of drug-likeness (QED) is 0.637. The van der Waals surface area contributed by atoms with Crippen molar-refractivity contribution in [2.45, 2.75) is 25.1 Å². The molecule has 0 saturated carbocycles. The van der Waals surface area contributed by atoms with Crippen LogP contribution >= 0.6 is 0 Å². The van der Waals surface area contributed by atoms with Gasteiger partial charge in [-0.05, 0) is 30.5 Å². The second kappa shape index (κ2) is 8.23. The first kappa shape index (κ1) is 18.4. The molecule has 0 radical (unpaired) electrons. The van der Waals surface area contributed by atoms with Crippen molar-refractivity contribution in [1.82, 2.24) is 15.2 Å². The van der Waals surface area contributed by atoms with Crippen molar-refractivity contribution in [3.8, 4) is 0 Å². The molecular formula is C16H19F4N3O. The molecule has 2 rings (SSSR count). The third kappa shape index (κ3) is 5.02. The number of halogens is 4. The number of rotatable bonds is 6. The maximum atomic E-state index is 13.4. The Labute approximate surface area is 137 Å². The molecule has 1 amide bonds. The molecule has 24 heavy (non-hydrogen) atoms. The van der Waals surface area contributed by atoms with Crippen LogP contribution in [0.4, 0.5) is 17.6 Å². The van der Waals surface area contributed by atoms with Crippen molar-refractivity contribution in [3.63, 3.8) is 0 Å². The van der Waals surface area contributed by atoms with Crippen LogP contribution < -0.4 is 5.32 Å². The molecule has 0 aromatic carbocycles. The summed E-state index contributed by atoms with van der Waals surface area (Å²) < 4.78 is 52.5. The van der Waals surface area contributed by atoms with Gasteiger partial charge in [-0.15, -0.1) is 0 Å². The van der Waals surface area contributed by atoms with Gasteiger partial charge >= 0.3 is 6.18 Å². The minimum absolute atomic E-state index is 0.0702. The molecule has 1 aromatic rings. The maximum Gasteiger partial charge on any atom is 0.412 e. The van der Waals surface area contributed by atoms with Gasteiger partial charge in [-0.2, -0.15) is 13.2 Å². The number of alkyl halides is 4. The molecule has 0 saturated heterocycles. The van der Waals surface area contributed by atoms with Gasteiger partial charge in [0.25, 0.3) is 5.91 Å². The number of aromatic nitrogens is 1. The minimum atomic E-state index is -4.60. The zero-order chi connectivity index (χ0) is 17.6. The van der Waals surface area contributed by atoms with Crippen molar-refractivity contribution < 1.29 is 22.4 Å². The van der Waals surface area contributed by atoms with E-state index < -0.39 is 24.8 Å². The van der Waals surface area contributed by atoms with Gasteiger partial charge in [0.2, 0.25) is 0 Å². The fraction of sp³-hybridized carbons (Fsp3) is 0.500. The minimum Gasteiger partial charge on any atom is -0.337 e. The Morgan fingerprint density at radius 1 is 1.33 bits per heavy atom. The van der Waals surface area contributed by atoms with Crippen LogP contribution in [0.3, 0.4) is 0 Å². The first-order valence-electron chi connectivity index (χ1n) is 7.66. The van der Waals surface area contributed by atoms with E-state index in [1.807, 2.05) is 0 Å². The number of carbonyl (C=O) groups is 1. The van der Waals surface area contributed by atoms with Gasteiger partial charge in [-0.1, -0.05) is 6.08 Å². The number of nitrogens with one attached hydrogen (secondary N) is 1. The summed E-state index contributed by atoms with van der Waals surface area (Å²) in [5, 5.41) is 2.06. The number of hydrogen-bond donors (Lipinski definition) is 1. The molecule has 8 heteroatoms. The lowest BCUT2D eigenvalue weighted by atomic mass is 10.0. The summed E-state index contributed by atoms with van der Waals surface area (Å²) >= 11 is 0. The lowest BCUT2D eigenvalue weighted by Gasteiger charge is -2.32. The van der Waals surface area contributed by atoms with E-state index in [9.17, 15) is 22.4 Å². The lowest BCUT2D eigenvalue weighted by Crippen LogP contribution is -2.50. The SMILES string of the molecule is O=C(N[C@@H](C1=CCCN(CCCF)C1)C(F)(F)F)c1ccncc1. The third-order valence-electron chi connectivity index (χ3n) is 3.78. The highest BCUT2D eigenvalue weighted by molar-refractivity contribution is 5.94. The predicted octanol–water partition coefficient (Wildman–Crippen LogP) is 2.73. The number of nitrogens with zero attached hydrogens (tertiary/aromatic N) is 2. The molecule has 0 spiro atoms.